The molecule has 1 N–H and O–H groups in total. The van der Waals surface area contributed by atoms with Crippen molar-refractivity contribution < 1.29 is 22.4 Å². The summed E-state index contributed by atoms with van der Waals surface area (Å²) in [5.41, 5.74) is 1.61. The number of hydrogen-bond donors (Lipinski definition) is 1. The third-order valence-electron chi connectivity index (χ3n) is 5.50. The second kappa shape index (κ2) is 11.0. The Morgan fingerprint density at radius 3 is 2.50 bits per heavy atom. The lowest BCUT2D eigenvalue weighted by atomic mass is 9.96. The molecule has 1 aromatic carbocycles. The molecule has 34 heavy (non-hydrogen) atoms. The Morgan fingerprint density at radius 2 is 1.91 bits per heavy atom. The van der Waals surface area contributed by atoms with E-state index >= 15 is 0 Å². The van der Waals surface area contributed by atoms with E-state index in [1.807, 2.05) is 11.8 Å². The summed E-state index contributed by atoms with van der Waals surface area (Å²) < 4.78 is 39.9. The number of carbonyl (C=O) groups is 2. The van der Waals surface area contributed by atoms with Crippen molar-refractivity contribution in [2.24, 2.45) is 5.92 Å². The first kappa shape index (κ1) is 25.6. The van der Waals surface area contributed by atoms with Crippen LogP contribution in [-0.4, -0.2) is 43.3 Å². The van der Waals surface area contributed by atoms with Gasteiger partial charge in [-0.2, -0.15) is 5.26 Å². The predicted octanol–water partition coefficient (Wildman–Crippen LogP) is 3.16. The normalized spacial score (nSPS) is 14.5. The van der Waals surface area contributed by atoms with Gasteiger partial charge in [0.05, 0.1) is 22.6 Å². The SMILES string of the molecule is CCSC(=O)c1cc(C#N)c(N2CCC(C(=O)NS(=O)(=O)Cc3ccc(F)cc3)CC2)nc1C. The molecule has 1 saturated heterocycles. The van der Waals surface area contributed by atoms with Crippen LogP contribution in [0.4, 0.5) is 10.2 Å². The van der Waals surface area contributed by atoms with Gasteiger partial charge in [-0.25, -0.2) is 17.8 Å². The highest BCUT2D eigenvalue weighted by atomic mass is 32.2. The first-order valence-corrected chi connectivity index (χ1v) is 13.4. The van der Waals surface area contributed by atoms with Crippen molar-refractivity contribution in [3.8, 4) is 6.07 Å². The summed E-state index contributed by atoms with van der Waals surface area (Å²) in [5, 5.41) is 9.46. The molecule has 0 radical (unpaired) electrons. The highest BCUT2D eigenvalue weighted by Crippen LogP contribution is 2.28. The summed E-state index contributed by atoms with van der Waals surface area (Å²) in [6.07, 6.45) is 0.770. The average Bonchev–Trinajstić information content (AvgIpc) is 2.80. The number of nitriles is 1. The summed E-state index contributed by atoms with van der Waals surface area (Å²) in [4.78, 5) is 31.2. The number of thioether (sulfide) groups is 1. The van der Waals surface area contributed by atoms with Gasteiger partial charge in [0.2, 0.25) is 21.0 Å². The standard InChI is InChI=1S/C23H25FN4O4S2/c1-3-33-23(30)20-12-18(13-25)21(26-15(20)2)28-10-8-17(9-11-28)22(29)27-34(31,32)14-16-4-6-19(24)7-5-16/h4-7,12,17H,3,8-11,14H2,1-2H3,(H,27,29). The van der Waals surface area contributed by atoms with Gasteiger partial charge >= 0.3 is 0 Å². The van der Waals surface area contributed by atoms with Gasteiger partial charge in [0.15, 0.2) is 0 Å². The van der Waals surface area contributed by atoms with Gasteiger partial charge in [0.1, 0.15) is 17.7 Å². The first-order valence-electron chi connectivity index (χ1n) is 10.8. The topological polar surface area (TPSA) is 120 Å². The van der Waals surface area contributed by atoms with Crippen LogP contribution in [0.15, 0.2) is 30.3 Å². The fourth-order valence-corrected chi connectivity index (χ4v) is 5.56. The molecule has 1 fully saturated rings. The average molecular weight is 505 g/mol. The predicted molar refractivity (Wildman–Crippen MR) is 128 cm³/mol. The molecule has 0 unspecified atom stereocenters. The third-order valence-corrected chi connectivity index (χ3v) is 7.50. The summed E-state index contributed by atoms with van der Waals surface area (Å²) in [6.45, 7) is 4.42. The molecular weight excluding hydrogens is 479 g/mol. The van der Waals surface area contributed by atoms with E-state index < -0.39 is 33.4 Å². The van der Waals surface area contributed by atoms with Gasteiger partial charge in [-0.05, 0) is 49.3 Å². The number of sulfonamides is 1. The number of anilines is 1. The van der Waals surface area contributed by atoms with E-state index in [-0.39, 0.29) is 10.7 Å². The lowest BCUT2D eigenvalue weighted by Gasteiger charge is -2.32. The number of pyridine rings is 1. The molecule has 0 atom stereocenters. The van der Waals surface area contributed by atoms with Crippen molar-refractivity contribution in [1.29, 1.82) is 5.26 Å². The lowest BCUT2D eigenvalue weighted by molar-refractivity contribution is -0.123. The number of aryl methyl sites for hydroxylation is 1. The lowest BCUT2D eigenvalue weighted by Crippen LogP contribution is -2.43. The monoisotopic (exact) mass is 504 g/mol. The summed E-state index contributed by atoms with van der Waals surface area (Å²) in [5.74, 6) is -0.898. The zero-order valence-corrected chi connectivity index (χ0v) is 20.5. The minimum absolute atomic E-state index is 0.132. The van der Waals surface area contributed by atoms with Crippen LogP contribution in [0.25, 0.3) is 0 Å². The Kier molecular flexibility index (Phi) is 8.28. The smallest absolute Gasteiger partial charge is 0.239 e. The van der Waals surface area contributed by atoms with E-state index in [0.717, 1.165) is 11.8 Å². The molecule has 2 aromatic rings. The molecule has 180 valence electrons. The quantitative estimate of drug-likeness (QED) is 0.611. The summed E-state index contributed by atoms with van der Waals surface area (Å²) in [7, 11) is -3.92. The van der Waals surface area contributed by atoms with Gasteiger partial charge in [-0.1, -0.05) is 30.8 Å². The van der Waals surface area contributed by atoms with Crippen molar-refractivity contribution in [3.63, 3.8) is 0 Å². The Bertz CT molecular complexity index is 1220. The molecule has 8 nitrogen and oxygen atoms in total. The Labute approximate surface area is 202 Å². The molecule has 0 saturated carbocycles. The minimum Gasteiger partial charge on any atom is -0.355 e. The van der Waals surface area contributed by atoms with Crippen LogP contribution in [0.2, 0.25) is 0 Å². The number of benzene rings is 1. The van der Waals surface area contributed by atoms with Gasteiger partial charge < -0.3 is 4.90 Å². The van der Waals surface area contributed by atoms with Crippen LogP contribution in [0.5, 0.6) is 0 Å². The Balaban J connectivity index is 1.64. The number of nitrogens with zero attached hydrogens (tertiary/aromatic N) is 3. The largest absolute Gasteiger partial charge is 0.355 e. The summed E-state index contributed by atoms with van der Waals surface area (Å²) >= 11 is 1.16. The van der Waals surface area contributed by atoms with Crippen LogP contribution in [0.1, 0.15) is 46.9 Å². The number of hydrogen-bond acceptors (Lipinski definition) is 8. The Hall–Kier alpha value is -2.97. The molecule has 2 heterocycles. The maximum absolute atomic E-state index is 13.0. The van der Waals surface area contributed by atoms with E-state index in [4.69, 9.17) is 0 Å². The van der Waals surface area contributed by atoms with Crippen LogP contribution < -0.4 is 9.62 Å². The fraction of sp³-hybridized carbons (Fsp3) is 0.391. The number of piperidine rings is 1. The van der Waals surface area contributed by atoms with Gasteiger partial charge in [-0.3, -0.25) is 14.3 Å². The molecule has 1 aliphatic rings. The molecule has 0 aliphatic carbocycles. The van der Waals surface area contributed by atoms with E-state index in [0.29, 0.717) is 54.3 Å². The summed E-state index contributed by atoms with van der Waals surface area (Å²) in [6, 6.07) is 8.71. The second-order valence-corrected chi connectivity index (χ2v) is 10.9. The number of carbonyl (C=O) groups excluding carboxylic acids is 2. The van der Waals surface area contributed by atoms with Crippen molar-refractivity contribution in [2.75, 3.05) is 23.7 Å². The molecule has 11 heteroatoms. The number of aromatic nitrogens is 1. The van der Waals surface area contributed by atoms with E-state index in [1.54, 1.807) is 13.0 Å². The molecule has 0 bridgehead atoms. The number of amides is 1. The van der Waals surface area contributed by atoms with Crippen LogP contribution in [0, 0.1) is 30.0 Å². The fourth-order valence-electron chi connectivity index (χ4n) is 3.76. The van der Waals surface area contributed by atoms with E-state index in [9.17, 15) is 27.7 Å². The number of rotatable bonds is 7. The van der Waals surface area contributed by atoms with Gasteiger partial charge in [0, 0.05) is 19.0 Å². The molecule has 1 aliphatic heterocycles. The number of halogens is 1. The zero-order chi connectivity index (χ0) is 24.9. The van der Waals surface area contributed by atoms with Crippen LogP contribution in [-0.2, 0) is 20.6 Å². The molecule has 1 amide bonds. The molecular formula is C23H25FN4O4S2. The van der Waals surface area contributed by atoms with Crippen LogP contribution >= 0.6 is 11.8 Å². The highest BCUT2D eigenvalue weighted by Gasteiger charge is 2.29. The first-order chi connectivity index (χ1) is 16.1. The molecule has 1 aromatic heterocycles. The van der Waals surface area contributed by atoms with Crippen molar-refractivity contribution >= 4 is 38.6 Å². The zero-order valence-electron chi connectivity index (χ0n) is 18.9. The van der Waals surface area contributed by atoms with Crippen molar-refractivity contribution in [3.05, 3.63) is 58.5 Å². The third kappa shape index (κ3) is 6.33. The molecule has 0 spiro atoms. The Morgan fingerprint density at radius 1 is 1.26 bits per heavy atom. The van der Waals surface area contributed by atoms with Gasteiger partial charge in [0.25, 0.3) is 0 Å². The minimum atomic E-state index is -3.92. The van der Waals surface area contributed by atoms with Crippen molar-refractivity contribution in [1.82, 2.24) is 9.71 Å². The second-order valence-electron chi connectivity index (χ2n) is 7.94. The van der Waals surface area contributed by atoms with E-state index in [2.05, 4.69) is 15.8 Å². The maximum atomic E-state index is 13.0. The molecule has 3 rings (SSSR count). The maximum Gasteiger partial charge on any atom is 0.239 e. The highest BCUT2D eigenvalue weighted by molar-refractivity contribution is 8.14. The van der Waals surface area contributed by atoms with Crippen molar-refractivity contribution in [2.45, 2.75) is 32.4 Å². The van der Waals surface area contributed by atoms with Gasteiger partial charge in [-0.15, -0.1) is 0 Å². The van der Waals surface area contributed by atoms with Crippen LogP contribution in [0.3, 0.4) is 0 Å². The van der Waals surface area contributed by atoms with E-state index in [1.165, 1.54) is 24.3 Å². The number of nitrogens with one attached hydrogen (secondary N) is 1.